The summed E-state index contributed by atoms with van der Waals surface area (Å²) in [4.78, 5) is 0. The van der Waals surface area contributed by atoms with Gasteiger partial charge in [-0.15, -0.1) is 0 Å². The Balaban J connectivity index is 2.16. The van der Waals surface area contributed by atoms with Crippen molar-refractivity contribution in [3.63, 3.8) is 0 Å². The minimum Gasteiger partial charge on any atom is -0.380 e. The van der Waals surface area contributed by atoms with Gasteiger partial charge in [-0.05, 0) is 52.3 Å². The number of benzene rings is 2. The SMILES string of the molecule is Fc1ccc(Br)cc1CNc1cc(Br)ccc1Br. The van der Waals surface area contributed by atoms with Gasteiger partial charge in [-0.25, -0.2) is 4.39 Å². The van der Waals surface area contributed by atoms with Crippen LogP contribution in [0.25, 0.3) is 0 Å². The number of rotatable bonds is 3. The van der Waals surface area contributed by atoms with E-state index in [2.05, 4.69) is 53.1 Å². The minimum absolute atomic E-state index is 0.211. The van der Waals surface area contributed by atoms with Crippen LogP contribution < -0.4 is 5.32 Å². The highest BCUT2D eigenvalue weighted by molar-refractivity contribution is 9.11. The maximum absolute atomic E-state index is 13.6. The molecule has 0 fully saturated rings. The zero-order valence-electron chi connectivity index (χ0n) is 9.18. The zero-order valence-corrected chi connectivity index (χ0v) is 13.9. The molecule has 0 heterocycles. The fourth-order valence-corrected chi connectivity index (χ4v) is 2.66. The zero-order chi connectivity index (χ0) is 13.1. The number of halogens is 4. The highest BCUT2D eigenvalue weighted by Crippen LogP contribution is 2.27. The molecule has 0 aliphatic carbocycles. The second-order valence-corrected chi connectivity index (χ2v) is 6.40. The molecule has 0 amide bonds. The predicted octanol–water partition coefficient (Wildman–Crippen LogP) is 5.73. The molecular formula is C13H9Br3FN. The van der Waals surface area contributed by atoms with Crippen LogP contribution in [0.4, 0.5) is 10.1 Å². The number of nitrogens with one attached hydrogen (secondary N) is 1. The van der Waals surface area contributed by atoms with E-state index in [9.17, 15) is 4.39 Å². The van der Waals surface area contributed by atoms with Crippen molar-refractivity contribution in [3.8, 4) is 0 Å². The molecule has 2 aromatic carbocycles. The lowest BCUT2D eigenvalue weighted by Crippen LogP contribution is -2.02. The summed E-state index contributed by atoms with van der Waals surface area (Å²) >= 11 is 10.2. The predicted molar refractivity (Wildman–Crippen MR) is 83.3 cm³/mol. The Morgan fingerprint density at radius 3 is 2.39 bits per heavy atom. The number of hydrogen-bond donors (Lipinski definition) is 1. The molecule has 1 N–H and O–H groups in total. The van der Waals surface area contributed by atoms with Gasteiger partial charge in [0.15, 0.2) is 0 Å². The lowest BCUT2D eigenvalue weighted by atomic mass is 10.2. The van der Waals surface area contributed by atoms with E-state index < -0.39 is 0 Å². The number of hydrogen-bond acceptors (Lipinski definition) is 1. The summed E-state index contributed by atoms with van der Waals surface area (Å²) in [6.07, 6.45) is 0. The average molecular weight is 438 g/mol. The summed E-state index contributed by atoms with van der Waals surface area (Å²) in [5, 5.41) is 3.20. The van der Waals surface area contributed by atoms with Crippen LogP contribution in [0.5, 0.6) is 0 Å². The van der Waals surface area contributed by atoms with Crippen molar-refractivity contribution in [3.05, 3.63) is 61.2 Å². The molecule has 0 bridgehead atoms. The molecule has 0 aliphatic rings. The van der Waals surface area contributed by atoms with E-state index in [0.29, 0.717) is 12.1 Å². The average Bonchev–Trinajstić information content (AvgIpc) is 2.34. The summed E-state index contributed by atoms with van der Waals surface area (Å²) in [5.41, 5.74) is 1.54. The minimum atomic E-state index is -0.211. The van der Waals surface area contributed by atoms with Crippen LogP contribution in [0.15, 0.2) is 49.8 Å². The summed E-state index contributed by atoms with van der Waals surface area (Å²) in [6.45, 7) is 0.431. The van der Waals surface area contributed by atoms with Gasteiger partial charge in [-0.3, -0.25) is 0 Å². The molecule has 0 aromatic heterocycles. The molecule has 5 heteroatoms. The van der Waals surface area contributed by atoms with Crippen molar-refractivity contribution in [2.75, 3.05) is 5.32 Å². The van der Waals surface area contributed by atoms with Crippen LogP contribution in [-0.4, -0.2) is 0 Å². The molecule has 0 saturated heterocycles. The summed E-state index contributed by atoms with van der Waals surface area (Å²) < 4.78 is 16.4. The third kappa shape index (κ3) is 3.56. The Morgan fingerprint density at radius 2 is 1.61 bits per heavy atom. The highest BCUT2D eigenvalue weighted by Gasteiger charge is 2.05. The van der Waals surface area contributed by atoms with Crippen LogP contribution in [0.2, 0.25) is 0 Å². The van der Waals surface area contributed by atoms with Gasteiger partial charge >= 0.3 is 0 Å². The van der Waals surface area contributed by atoms with Crippen LogP contribution >= 0.6 is 47.8 Å². The van der Waals surface area contributed by atoms with Crippen molar-refractivity contribution < 1.29 is 4.39 Å². The molecule has 2 aromatic rings. The molecule has 0 aliphatic heterocycles. The third-order valence-electron chi connectivity index (χ3n) is 2.41. The molecular weight excluding hydrogens is 429 g/mol. The molecule has 0 saturated carbocycles. The van der Waals surface area contributed by atoms with Gasteiger partial charge in [-0.1, -0.05) is 31.9 Å². The molecule has 1 nitrogen and oxygen atoms in total. The molecule has 94 valence electrons. The van der Waals surface area contributed by atoms with E-state index in [1.807, 2.05) is 18.2 Å². The Hall–Kier alpha value is -0.390. The summed E-state index contributed by atoms with van der Waals surface area (Å²) in [5.74, 6) is -0.211. The molecule has 18 heavy (non-hydrogen) atoms. The second-order valence-electron chi connectivity index (χ2n) is 3.71. The van der Waals surface area contributed by atoms with E-state index in [-0.39, 0.29) is 5.82 Å². The van der Waals surface area contributed by atoms with Crippen LogP contribution in [0.1, 0.15) is 5.56 Å². The smallest absolute Gasteiger partial charge is 0.128 e. The normalized spacial score (nSPS) is 10.4. The first-order chi connectivity index (χ1) is 8.56. The van der Waals surface area contributed by atoms with Gasteiger partial charge in [0.1, 0.15) is 5.82 Å². The van der Waals surface area contributed by atoms with Crippen molar-refractivity contribution in [2.24, 2.45) is 0 Å². The van der Waals surface area contributed by atoms with Crippen molar-refractivity contribution in [1.29, 1.82) is 0 Å². The van der Waals surface area contributed by atoms with Crippen molar-refractivity contribution >= 4 is 53.5 Å². The van der Waals surface area contributed by atoms with Gasteiger partial charge in [0.05, 0.1) is 0 Å². The second kappa shape index (κ2) is 6.17. The Kier molecular flexibility index (Phi) is 4.81. The van der Waals surface area contributed by atoms with Crippen LogP contribution in [-0.2, 0) is 6.54 Å². The third-order valence-corrected chi connectivity index (χ3v) is 4.08. The van der Waals surface area contributed by atoms with Gasteiger partial charge in [0.25, 0.3) is 0 Å². The fraction of sp³-hybridized carbons (Fsp3) is 0.0769. The monoisotopic (exact) mass is 435 g/mol. The Labute approximate surface area is 130 Å². The molecule has 0 atom stereocenters. The Bertz CT molecular complexity index is 521. The van der Waals surface area contributed by atoms with E-state index in [1.54, 1.807) is 12.1 Å². The first-order valence-corrected chi connectivity index (χ1v) is 7.57. The van der Waals surface area contributed by atoms with E-state index in [0.717, 1.165) is 19.1 Å². The van der Waals surface area contributed by atoms with Crippen LogP contribution in [0, 0.1) is 5.82 Å². The number of anilines is 1. The first-order valence-electron chi connectivity index (χ1n) is 5.19. The van der Waals surface area contributed by atoms with Gasteiger partial charge in [-0.2, -0.15) is 0 Å². The van der Waals surface area contributed by atoms with E-state index in [1.165, 1.54) is 6.07 Å². The summed E-state index contributed by atoms with van der Waals surface area (Å²) in [7, 11) is 0. The maximum Gasteiger partial charge on any atom is 0.128 e. The van der Waals surface area contributed by atoms with E-state index in [4.69, 9.17) is 0 Å². The highest BCUT2D eigenvalue weighted by atomic mass is 79.9. The fourth-order valence-electron chi connectivity index (χ4n) is 1.50. The quantitative estimate of drug-likeness (QED) is 0.647. The van der Waals surface area contributed by atoms with Gasteiger partial charge < -0.3 is 5.32 Å². The topological polar surface area (TPSA) is 12.0 Å². The molecule has 0 spiro atoms. The largest absolute Gasteiger partial charge is 0.380 e. The molecule has 0 radical (unpaired) electrons. The lowest BCUT2D eigenvalue weighted by molar-refractivity contribution is 0.612. The first kappa shape index (κ1) is 14.0. The summed E-state index contributed by atoms with van der Waals surface area (Å²) in [6, 6.07) is 10.7. The van der Waals surface area contributed by atoms with Gasteiger partial charge in [0, 0.05) is 31.2 Å². The Morgan fingerprint density at radius 1 is 0.944 bits per heavy atom. The van der Waals surface area contributed by atoms with Crippen molar-refractivity contribution in [2.45, 2.75) is 6.54 Å². The van der Waals surface area contributed by atoms with Crippen LogP contribution in [0.3, 0.4) is 0 Å². The molecule has 2 rings (SSSR count). The molecule has 0 unspecified atom stereocenters. The van der Waals surface area contributed by atoms with Crippen molar-refractivity contribution in [1.82, 2.24) is 0 Å². The standard InChI is InChI=1S/C13H9Br3FN/c14-9-2-4-12(17)8(5-9)7-18-13-6-10(15)1-3-11(13)16/h1-6,18H,7H2. The lowest BCUT2D eigenvalue weighted by Gasteiger charge is -2.10. The van der Waals surface area contributed by atoms with Gasteiger partial charge in [0.2, 0.25) is 0 Å². The maximum atomic E-state index is 13.6. The van der Waals surface area contributed by atoms with E-state index >= 15 is 0 Å².